The summed E-state index contributed by atoms with van der Waals surface area (Å²) in [6, 6.07) is 10.9. The van der Waals surface area contributed by atoms with Gasteiger partial charge in [0.25, 0.3) is 11.8 Å². The summed E-state index contributed by atoms with van der Waals surface area (Å²) in [6.07, 6.45) is 0. The summed E-state index contributed by atoms with van der Waals surface area (Å²) >= 11 is 5.95. The summed E-state index contributed by atoms with van der Waals surface area (Å²) in [7, 11) is 0. The van der Waals surface area contributed by atoms with E-state index in [1.165, 1.54) is 18.2 Å². The van der Waals surface area contributed by atoms with Crippen molar-refractivity contribution < 1.29 is 19.1 Å². The number of benzene rings is 2. The molecule has 25 heavy (non-hydrogen) atoms. The summed E-state index contributed by atoms with van der Waals surface area (Å²) in [5.74, 6) is -1.23. The van der Waals surface area contributed by atoms with Crippen molar-refractivity contribution in [3.8, 4) is 0 Å². The van der Waals surface area contributed by atoms with E-state index >= 15 is 0 Å². The third kappa shape index (κ3) is 3.28. The molecule has 0 radical (unpaired) electrons. The number of halogens is 1. The van der Waals surface area contributed by atoms with Crippen molar-refractivity contribution in [1.29, 1.82) is 0 Å². The number of fused-ring (bicyclic) bond motifs is 1. The molecule has 1 aliphatic heterocycles. The number of imide groups is 1. The van der Waals surface area contributed by atoms with Crippen LogP contribution >= 0.6 is 11.6 Å². The molecule has 0 N–H and O–H groups in total. The topological polar surface area (TPSA) is 63.7 Å². The third-order valence-electron chi connectivity index (χ3n) is 3.74. The highest BCUT2D eigenvalue weighted by molar-refractivity contribution is 6.35. The standard InChI is InChI=1S/C19H16ClNO4/c1-11(2)10-25-19(24)12-6-7-15-16(8-12)18(23)21(17(15)22)14-5-3-4-13(20)9-14/h3-9,11H,10H2,1-2H3. The summed E-state index contributed by atoms with van der Waals surface area (Å²) in [5, 5.41) is 0.423. The number of rotatable bonds is 4. The summed E-state index contributed by atoms with van der Waals surface area (Å²) in [5.41, 5.74) is 1.07. The number of ether oxygens (including phenoxy) is 1. The Bertz CT molecular complexity index is 875. The molecule has 0 fully saturated rings. The van der Waals surface area contributed by atoms with E-state index in [1.54, 1.807) is 24.3 Å². The molecule has 6 heteroatoms. The highest BCUT2D eigenvalue weighted by Crippen LogP contribution is 2.30. The lowest BCUT2D eigenvalue weighted by atomic mass is 10.1. The second kappa shape index (κ2) is 6.69. The predicted octanol–water partition coefficient (Wildman–Crippen LogP) is 3.95. The quantitative estimate of drug-likeness (QED) is 0.614. The van der Waals surface area contributed by atoms with Gasteiger partial charge in [0.05, 0.1) is 29.0 Å². The van der Waals surface area contributed by atoms with Gasteiger partial charge in [-0.1, -0.05) is 31.5 Å². The number of carbonyl (C=O) groups is 3. The Labute approximate surface area is 150 Å². The van der Waals surface area contributed by atoms with Gasteiger partial charge in [-0.15, -0.1) is 0 Å². The molecule has 1 heterocycles. The molecule has 2 amide bonds. The molecule has 0 unspecified atom stereocenters. The van der Waals surface area contributed by atoms with Crippen LogP contribution in [0.25, 0.3) is 0 Å². The highest BCUT2D eigenvalue weighted by atomic mass is 35.5. The summed E-state index contributed by atoms with van der Waals surface area (Å²) in [6.45, 7) is 4.15. The van der Waals surface area contributed by atoms with Gasteiger partial charge in [0, 0.05) is 5.02 Å². The Morgan fingerprint density at radius 2 is 1.80 bits per heavy atom. The van der Waals surface area contributed by atoms with Crippen molar-refractivity contribution in [1.82, 2.24) is 0 Å². The van der Waals surface area contributed by atoms with E-state index in [4.69, 9.17) is 16.3 Å². The van der Waals surface area contributed by atoms with Gasteiger partial charge >= 0.3 is 5.97 Å². The first-order valence-corrected chi connectivity index (χ1v) is 8.22. The van der Waals surface area contributed by atoms with Crippen LogP contribution in [0.2, 0.25) is 5.02 Å². The maximum Gasteiger partial charge on any atom is 0.338 e. The molecule has 0 saturated heterocycles. The average Bonchev–Trinajstić information content (AvgIpc) is 2.83. The normalized spacial score (nSPS) is 13.4. The van der Waals surface area contributed by atoms with E-state index in [2.05, 4.69) is 0 Å². The number of esters is 1. The third-order valence-corrected chi connectivity index (χ3v) is 3.97. The van der Waals surface area contributed by atoms with Gasteiger partial charge in [0.15, 0.2) is 0 Å². The molecule has 0 saturated carbocycles. The van der Waals surface area contributed by atoms with Gasteiger partial charge in [0.2, 0.25) is 0 Å². The van der Waals surface area contributed by atoms with Gasteiger partial charge < -0.3 is 4.74 Å². The van der Waals surface area contributed by atoms with E-state index in [9.17, 15) is 14.4 Å². The first kappa shape index (κ1) is 17.2. The van der Waals surface area contributed by atoms with Crippen LogP contribution in [0, 0.1) is 5.92 Å². The minimum atomic E-state index is -0.516. The van der Waals surface area contributed by atoms with Crippen molar-refractivity contribution >= 4 is 35.1 Å². The van der Waals surface area contributed by atoms with E-state index in [-0.39, 0.29) is 29.2 Å². The average molecular weight is 358 g/mol. The van der Waals surface area contributed by atoms with Crippen LogP contribution in [0.4, 0.5) is 5.69 Å². The Kier molecular flexibility index (Phi) is 4.59. The van der Waals surface area contributed by atoms with Gasteiger partial charge in [-0.3, -0.25) is 9.59 Å². The number of anilines is 1. The lowest BCUT2D eigenvalue weighted by Crippen LogP contribution is -2.29. The molecule has 3 rings (SSSR count). The lowest BCUT2D eigenvalue weighted by Gasteiger charge is -2.13. The largest absolute Gasteiger partial charge is 0.462 e. The van der Waals surface area contributed by atoms with Crippen LogP contribution in [0.1, 0.15) is 44.9 Å². The van der Waals surface area contributed by atoms with Gasteiger partial charge in [0.1, 0.15) is 0 Å². The molecular formula is C19H16ClNO4. The zero-order valence-electron chi connectivity index (χ0n) is 13.8. The minimum Gasteiger partial charge on any atom is -0.462 e. The summed E-state index contributed by atoms with van der Waals surface area (Å²) < 4.78 is 5.17. The summed E-state index contributed by atoms with van der Waals surface area (Å²) in [4.78, 5) is 38.4. The molecule has 0 aliphatic carbocycles. The fourth-order valence-electron chi connectivity index (χ4n) is 2.54. The minimum absolute atomic E-state index is 0.184. The monoisotopic (exact) mass is 357 g/mol. The SMILES string of the molecule is CC(C)COC(=O)c1ccc2c(c1)C(=O)N(c1cccc(Cl)c1)C2=O. The van der Waals surface area contributed by atoms with Crippen LogP contribution in [0.5, 0.6) is 0 Å². The molecule has 5 nitrogen and oxygen atoms in total. The van der Waals surface area contributed by atoms with E-state index in [1.807, 2.05) is 13.8 Å². The fourth-order valence-corrected chi connectivity index (χ4v) is 2.73. The number of carbonyl (C=O) groups excluding carboxylic acids is 3. The number of amides is 2. The fraction of sp³-hybridized carbons (Fsp3) is 0.211. The first-order chi connectivity index (χ1) is 11.9. The number of hydrogen-bond acceptors (Lipinski definition) is 4. The first-order valence-electron chi connectivity index (χ1n) is 7.84. The van der Waals surface area contributed by atoms with Crippen molar-refractivity contribution in [2.75, 3.05) is 11.5 Å². The lowest BCUT2D eigenvalue weighted by molar-refractivity contribution is 0.0458. The molecular weight excluding hydrogens is 342 g/mol. The molecule has 2 aromatic rings. The van der Waals surface area contributed by atoms with Crippen molar-refractivity contribution in [2.45, 2.75) is 13.8 Å². The van der Waals surface area contributed by atoms with Gasteiger partial charge in [-0.05, 0) is 42.3 Å². The second-order valence-electron chi connectivity index (χ2n) is 6.18. The van der Waals surface area contributed by atoms with Crippen LogP contribution in [0.3, 0.4) is 0 Å². The maximum atomic E-state index is 12.7. The van der Waals surface area contributed by atoms with Gasteiger partial charge in [-0.25, -0.2) is 9.69 Å². The molecule has 0 aromatic heterocycles. The molecule has 2 aromatic carbocycles. The molecule has 128 valence electrons. The highest BCUT2D eigenvalue weighted by Gasteiger charge is 2.37. The zero-order chi connectivity index (χ0) is 18.1. The van der Waals surface area contributed by atoms with Crippen LogP contribution in [-0.4, -0.2) is 24.4 Å². The Morgan fingerprint density at radius 3 is 2.48 bits per heavy atom. The van der Waals surface area contributed by atoms with Crippen LogP contribution in [0.15, 0.2) is 42.5 Å². The van der Waals surface area contributed by atoms with E-state index in [0.29, 0.717) is 10.7 Å². The smallest absolute Gasteiger partial charge is 0.338 e. The molecule has 1 aliphatic rings. The zero-order valence-corrected chi connectivity index (χ0v) is 14.5. The number of hydrogen-bond donors (Lipinski definition) is 0. The van der Waals surface area contributed by atoms with E-state index in [0.717, 1.165) is 4.90 Å². The van der Waals surface area contributed by atoms with Crippen molar-refractivity contribution in [3.63, 3.8) is 0 Å². The van der Waals surface area contributed by atoms with E-state index < -0.39 is 17.8 Å². The number of nitrogens with zero attached hydrogens (tertiary/aromatic N) is 1. The predicted molar refractivity (Wildman–Crippen MR) is 94.2 cm³/mol. The van der Waals surface area contributed by atoms with Crippen molar-refractivity contribution in [3.05, 3.63) is 64.2 Å². The Morgan fingerprint density at radius 1 is 1.08 bits per heavy atom. The second-order valence-corrected chi connectivity index (χ2v) is 6.61. The molecule has 0 atom stereocenters. The Balaban J connectivity index is 1.92. The van der Waals surface area contributed by atoms with Crippen LogP contribution < -0.4 is 4.90 Å². The molecule has 0 spiro atoms. The molecule has 0 bridgehead atoms. The van der Waals surface area contributed by atoms with Crippen molar-refractivity contribution in [2.24, 2.45) is 5.92 Å². The van der Waals surface area contributed by atoms with Crippen LogP contribution in [-0.2, 0) is 4.74 Å². The van der Waals surface area contributed by atoms with Gasteiger partial charge in [-0.2, -0.15) is 0 Å². The Hall–Kier alpha value is -2.66. The maximum absolute atomic E-state index is 12.7.